The van der Waals surface area contributed by atoms with Gasteiger partial charge in [0.25, 0.3) is 0 Å². The molecule has 2 rings (SSSR count). The quantitative estimate of drug-likeness (QED) is 0.599. The Morgan fingerprint density at radius 1 is 1.26 bits per heavy atom. The minimum atomic E-state index is -0.314. The van der Waals surface area contributed by atoms with E-state index in [1.54, 1.807) is 7.11 Å². The third-order valence-corrected chi connectivity index (χ3v) is 5.63. The normalized spacial score (nSPS) is 30.7. The lowest BCUT2D eigenvalue weighted by Crippen LogP contribution is -2.41. The topological polar surface area (TPSA) is 55.5 Å². The minimum absolute atomic E-state index is 0.130. The predicted molar refractivity (Wildman–Crippen MR) is 96.3 cm³/mol. The van der Waals surface area contributed by atoms with Crippen LogP contribution in [0.25, 0.3) is 0 Å². The number of ether oxygens (including phenoxy) is 1. The zero-order valence-corrected chi connectivity index (χ0v) is 14.8. The third-order valence-electron chi connectivity index (χ3n) is 5.63. The molecular weight excluding hydrogens is 286 g/mol. The zero-order chi connectivity index (χ0) is 16.5. The summed E-state index contributed by atoms with van der Waals surface area (Å²) < 4.78 is 5.08. The maximum atomic E-state index is 9.41. The molecule has 132 valence electrons. The number of unbranched alkanes of at least 4 members (excludes halogenated alkanes) is 4. The number of aliphatic hydroxyl groups excluding tert-OH is 1. The first-order valence-corrected chi connectivity index (χ1v) is 9.43. The summed E-state index contributed by atoms with van der Waals surface area (Å²) in [6.07, 6.45) is 19.1. The van der Waals surface area contributed by atoms with Gasteiger partial charge in [-0.2, -0.15) is 0 Å². The fourth-order valence-electron chi connectivity index (χ4n) is 4.03. The van der Waals surface area contributed by atoms with Crippen molar-refractivity contribution < 1.29 is 9.84 Å². The smallest absolute Gasteiger partial charge is 0.0611 e. The zero-order valence-electron chi connectivity index (χ0n) is 14.8. The molecule has 0 bridgehead atoms. The molecule has 0 amide bonds. The van der Waals surface area contributed by atoms with Gasteiger partial charge in [0.05, 0.1) is 6.61 Å². The SMILES string of the molecule is COCCCCCCCC1=CCC([C@H]2CC[C@](N)(CO)C2)C=C1. The predicted octanol–water partition coefficient (Wildman–Crippen LogP) is 3.97. The van der Waals surface area contributed by atoms with Crippen LogP contribution in [-0.2, 0) is 4.74 Å². The highest BCUT2D eigenvalue weighted by atomic mass is 16.5. The molecule has 0 aromatic heterocycles. The van der Waals surface area contributed by atoms with Crippen LogP contribution in [0.2, 0.25) is 0 Å². The number of rotatable bonds is 10. The molecule has 0 heterocycles. The average molecular weight is 322 g/mol. The van der Waals surface area contributed by atoms with Crippen LogP contribution in [0.5, 0.6) is 0 Å². The number of aliphatic hydroxyl groups is 1. The Morgan fingerprint density at radius 2 is 2.04 bits per heavy atom. The number of hydrogen-bond acceptors (Lipinski definition) is 3. The van der Waals surface area contributed by atoms with Crippen molar-refractivity contribution in [2.45, 2.75) is 69.7 Å². The van der Waals surface area contributed by atoms with E-state index in [1.165, 1.54) is 44.1 Å². The van der Waals surface area contributed by atoms with Crippen molar-refractivity contribution in [3.8, 4) is 0 Å². The van der Waals surface area contributed by atoms with Crippen molar-refractivity contribution in [2.75, 3.05) is 20.3 Å². The minimum Gasteiger partial charge on any atom is -0.394 e. The van der Waals surface area contributed by atoms with Crippen LogP contribution in [0, 0.1) is 11.8 Å². The van der Waals surface area contributed by atoms with Gasteiger partial charge in [0.1, 0.15) is 0 Å². The van der Waals surface area contributed by atoms with Crippen LogP contribution in [0.3, 0.4) is 0 Å². The van der Waals surface area contributed by atoms with E-state index < -0.39 is 0 Å². The van der Waals surface area contributed by atoms with Gasteiger partial charge in [-0.3, -0.25) is 0 Å². The van der Waals surface area contributed by atoms with Crippen molar-refractivity contribution in [2.24, 2.45) is 17.6 Å². The number of nitrogens with two attached hydrogens (primary N) is 1. The van der Waals surface area contributed by atoms with E-state index in [2.05, 4.69) is 18.2 Å². The van der Waals surface area contributed by atoms with Gasteiger partial charge in [0.15, 0.2) is 0 Å². The summed E-state index contributed by atoms with van der Waals surface area (Å²) in [6, 6.07) is 0. The molecule has 1 fully saturated rings. The summed E-state index contributed by atoms with van der Waals surface area (Å²) in [6.45, 7) is 1.03. The lowest BCUT2D eigenvalue weighted by atomic mass is 9.82. The van der Waals surface area contributed by atoms with Crippen LogP contribution in [0.1, 0.15) is 64.2 Å². The van der Waals surface area contributed by atoms with E-state index in [0.29, 0.717) is 11.8 Å². The molecule has 3 nitrogen and oxygen atoms in total. The summed E-state index contributed by atoms with van der Waals surface area (Å²) in [7, 11) is 1.78. The number of allylic oxidation sites excluding steroid dienone is 4. The molecule has 1 saturated carbocycles. The summed E-state index contributed by atoms with van der Waals surface area (Å²) in [5.74, 6) is 1.28. The van der Waals surface area contributed by atoms with Crippen molar-refractivity contribution in [3.05, 3.63) is 23.8 Å². The molecule has 2 aliphatic rings. The van der Waals surface area contributed by atoms with E-state index in [9.17, 15) is 5.11 Å². The van der Waals surface area contributed by atoms with Gasteiger partial charge < -0.3 is 15.6 Å². The standard InChI is InChI=1S/C20H35NO2/c1-23-14-6-4-2-3-5-7-17-8-10-18(11-9-17)19-12-13-20(21,15-19)16-22/h8-10,18-19,22H,2-7,11-16,21H2,1H3/t18?,19-,20+/m0/s1. The highest BCUT2D eigenvalue weighted by Crippen LogP contribution is 2.40. The first-order valence-electron chi connectivity index (χ1n) is 9.43. The highest BCUT2D eigenvalue weighted by molar-refractivity contribution is 5.24. The molecule has 23 heavy (non-hydrogen) atoms. The van der Waals surface area contributed by atoms with Crippen molar-refractivity contribution in [3.63, 3.8) is 0 Å². The maximum Gasteiger partial charge on any atom is 0.0611 e. The monoisotopic (exact) mass is 321 g/mol. The second kappa shape index (κ2) is 9.61. The largest absolute Gasteiger partial charge is 0.394 e. The first kappa shape index (κ1) is 18.7. The second-order valence-electron chi connectivity index (χ2n) is 7.57. The lowest BCUT2D eigenvalue weighted by molar-refractivity contribution is 0.192. The van der Waals surface area contributed by atoms with E-state index in [-0.39, 0.29) is 12.1 Å². The van der Waals surface area contributed by atoms with E-state index in [1.807, 2.05) is 0 Å². The van der Waals surface area contributed by atoms with Gasteiger partial charge in [-0.15, -0.1) is 0 Å². The molecule has 2 aliphatic carbocycles. The van der Waals surface area contributed by atoms with Gasteiger partial charge in [0, 0.05) is 19.3 Å². The van der Waals surface area contributed by atoms with Gasteiger partial charge in [0.2, 0.25) is 0 Å². The Balaban J connectivity index is 1.60. The Hall–Kier alpha value is -0.640. The molecule has 3 atom stereocenters. The number of hydrogen-bond donors (Lipinski definition) is 2. The molecule has 0 spiro atoms. The Labute approximate surface area is 142 Å². The van der Waals surface area contributed by atoms with Gasteiger partial charge in [-0.25, -0.2) is 0 Å². The fraction of sp³-hybridized carbons (Fsp3) is 0.800. The second-order valence-corrected chi connectivity index (χ2v) is 7.57. The molecule has 0 radical (unpaired) electrons. The maximum absolute atomic E-state index is 9.41. The molecule has 0 saturated heterocycles. The van der Waals surface area contributed by atoms with Crippen LogP contribution < -0.4 is 5.73 Å². The van der Waals surface area contributed by atoms with Crippen molar-refractivity contribution in [1.29, 1.82) is 0 Å². The van der Waals surface area contributed by atoms with Crippen LogP contribution >= 0.6 is 0 Å². The summed E-state index contributed by atoms with van der Waals surface area (Å²) >= 11 is 0. The molecule has 0 aliphatic heterocycles. The Morgan fingerprint density at radius 3 is 2.70 bits per heavy atom. The molecule has 0 aromatic carbocycles. The number of methoxy groups -OCH3 is 1. The summed E-state index contributed by atoms with van der Waals surface area (Å²) in [5.41, 5.74) is 7.41. The molecule has 3 N–H and O–H groups in total. The Kier molecular flexibility index (Phi) is 7.81. The molecular formula is C20H35NO2. The van der Waals surface area contributed by atoms with E-state index >= 15 is 0 Å². The first-order chi connectivity index (χ1) is 11.2. The molecule has 1 unspecified atom stereocenters. The van der Waals surface area contributed by atoms with Gasteiger partial charge in [-0.05, 0) is 56.8 Å². The van der Waals surface area contributed by atoms with Crippen molar-refractivity contribution in [1.82, 2.24) is 0 Å². The summed E-state index contributed by atoms with van der Waals surface area (Å²) in [5, 5.41) is 9.41. The van der Waals surface area contributed by atoms with Crippen LogP contribution in [0.15, 0.2) is 23.8 Å². The Bertz CT molecular complexity index is 404. The molecule has 0 aromatic rings. The average Bonchev–Trinajstić information content (AvgIpc) is 2.98. The lowest BCUT2D eigenvalue weighted by Gasteiger charge is -2.25. The van der Waals surface area contributed by atoms with Crippen molar-refractivity contribution >= 4 is 0 Å². The van der Waals surface area contributed by atoms with Gasteiger partial charge >= 0.3 is 0 Å². The van der Waals surface area contributed by atoms with E-state index in [0.717, 1.165) is 32.3 Å². The third kappa shape index (κ3) is 6.06. The van der Waals surface area contributed by atoms with Gasteiger partial charge in [-0.1, -0.05) is 43.1 Å². The molecule has 3 heteroatoms. The fourth-order valence-corrected chi connectivity index (χ4v) is 4.03. The van der Waals surface area contributed by atoms with Crippen LogP contribution in [0.4, 0.5) is 0 Å². The highest BCUT2D eigenvalue weighted by Gasteiger charge is 2.37. The summed E-state index contributed by atoms with van der Waals surface area (Å²) in [4.78, 5) is 0. The van der Waals surface area contributed by atoms with E-state index in [4.69, 9.17) is 10.5 Å². The van der Waals surface area contributed by atoms with Crippen LogP contribution in [-0.4, -0.2) is 31.0 Å².